The minimum Gasteiger partial charge on any atom is -0.486 e. The van der Waals surface area contributed by atoms with Gasteiger partial charge in [0.05, 0.1) is 0 Å². The fourth-order valence-electron chi connectivity index (χ4n) is 1.86. The molecule has 1 aromatic rings. The molecular formula is C15H22O2. The Kier molecular flexibility index (Phi) is 5.75. The van der Waals surface area contributed by atoms with Crippen molar-refractivity contribution < 1.29 is 9.53 Å². The molecule has 1 rings (SSSR count). The van der Waals surface area contributed by atoms with Crippen molar-refractivity contribution in [1.82, 2.24) is 0 Å². The zero-order valence-corrected chi connectivity index (χ0v) is 11.1. The first-order valence-electron chi connectivity index (χ1n) is 6.40. The lowest BCUT2D eigenvalue weighted by molar-refractivity contribution is -0.118. The number of ketones is 1. The van der Waals surface area contributed by atoms with Gasteiger partial charge in [0.2, 0.25) is 0 Å². The van der Waals surface area contributed by atoms with Crippen molar-refractivity contribution in [2.45, 2.75) is 46.5 Å². The van der Waals surface area contributed by atoms with Gasteiger partial charge in [-0.1, -0.05) is 32.8 Å². The molecule has 0 heterocycles. The molecule has 0 N–H and O–H groups in total. The molecule has 0 amide bonds. The molecule has 1 aromatic carbocycles. The summed E-state index contributed by atoms with van der Waals surface area (Å²) in [6.07, 6.45) is 4.38. The number of ether oxygens (including phenoxy) is 1. The third kappa shape index (κ3) is 5.03. The normalized spacial score (nSPS) is 10.3. The van der Waals surface area contributed by atoms with E-state index in [9.17, 15) is 4.79 Å². The Morgan fingerprint density at radius 2 is 1.59 bits per heavy atom. The van der Waals surface area contributed by atoms with Gasteiger partial charge in [-0.25, -0.2) is 0 Å². The van der Waals surface area contributed by atoms with Crippen LogP contribution in [0.15, 0.2) is 18.2 Å². The van der Waals surface area contributed by atoms with Crippen molar-refractivity contribution in [2.75, 3.05) is 6.61 Å². The summed E-state index contributed by atoms with van der Waals surface area (Å²) < 4.78 is 5.49. The van der Waals surface area contributed by atoms with E-state index < -0.39 is 0 Å². The SMILES string of the molecule is CCCc1cc(CCC)cc(OCC(C)=O)c1. The number of hydrogen-bond donors (Lipinski definition) is 0. The van der Waals surface area contributed by atoms with Gasteiger partial charge < -0.3 is 4.74 Å². The molecule has 0 saturated heterocycles. The fraction of sp³-hybridized carbons (Fsp3) is 0.533. The van der Waals surface area contributed by atoms with Gasteiger partial charge in [-0.3, -0.25) is 4.79 Å². The second kappa shape index (κ2) is 7.10. The summed E-state index contributed by atoms with van der Waals surface area (Å²) in [5.41, 5.74) is 2.61. The number of Topliss-reactive ketones (excluding diaryl/α,β-unsaturated/α-hetero) is 1. The summed E-state index contributed by atoms with van der Waals surface area (Å²) in [6.45, 7) is 6.05. The van der Waals surface area contributed by atoms with E-state index >= 15 is 0 Å². The molecule has 0 aromatic heterocycles. The fourth-order valence-corrected chi connectivity index (χ4v) is 1.86. The van der Waals surface area contributed by atoms with Gasteiger partial charge in [0.1, 0.15) is 12.4 Å². The van der Waals surface area contributed by atoms with Gasteiger partial charge >= 0.3 is 0 Å². The third-order valence-corrected chi connectivity index (χ3v) is 2.55. The molecule has 2 heteroatoms. The first-order chi connectivity index (χ1) is 8.15. The van der Waals surface area contributed by atoms with Crippen LogP contribution >= 0.6 is 0 Å². The number of carbonyl (C=O) groups is 1. The lowest BCUT2D eigenvalue weighted by atomic mass is 10.0. The smallest absolute Gasteiger partial charge is 0.167 e. The monoisotopic (exact) mass is 234 g/mol. The molecule has 0 spiro atoms. The molecule has 0 unspecified atom stereocenters. The highest BCUT2D eigenvalue weighted by Gasteiger charge is 2.03. The summed E-state index contributed by atoms with van der Waals surface area (Å²) in [7, 11) is 0. The van der Waals surface area contributed by atoms with Crippen molar-refractivity contribution in [3.63, 3.8) is 0 Å². The number of carbonyl (C=O) groups excluding carboxylic acids is 1. The second-order valence-corrected chi connectivity index (χ2v) is 4.48. The number of rotatable bonds is 7. The van der Waals surface area contributed by atoms with E-state index in [0.717, 1.165) is 31.4 Å². The molecule has 2 nitrogen and oxygen atoms in total. The quantitative estimate of drug-likeness (QED) is 0.721. The molecule has 94 valence electrons. The van der Waals surface area contributed by atoms with Crippen LogP contribution < -0.4 is 4.74 Å². The first-order valence-corrected chi connectivity index (χ1v) is 6.40. The van der Waals surface area contributed by atoms with Crippen LogP contribution in [0.2, 0.25) is 0 Å². The maximum Gasteiger partial charge on any atom is 0.167 e. The molecule has 0 radical (unpaired) electrons. The third-order valence-electron chi connectivity index (χ3n) is 2.55. The zero-order chi connectivity index (χ0) is 12.7. The Hall–Kier alpha value is -1.31. The van der Waals surface area contributed by atoms with Gasteiger partial charge in [0.25, 0.3) is 0 Å². The van der Waals surface area contributed by atoms with Crippen molar-refractivity contribution in [3.8, 4) is 5.75 Å². The van der Waals surface area contributed by atoms with E-state index in [2.05, 4.69) is 19.9 Å². The Balaban J connectivity index is 2.82. The molecule has 0 aliphatic rings. The summed E-state index contributed by atoms with van der Waals surface area (Å²) in [4.78, 5) is 10.9. The van der Waals surface area contributed by atoms with Crippen LogP contribution in [0.3, 0.4) is 0 Å². The van der Waals surface area contributed by atoms with E-state index in [1.54, 1.807) is 6.92 Å². The van der Waals surface area contributed by atoms with Crippen molar-refractivity contribution in [1.29, 1.82) is 0 Å². The number of hydrogen-bond acceptors (Lipinski definition) is 2. The predicted octanol–water partition coefficient (Wildman–Crippen LogP) is 3.56. The second-order valence-electron chi connectivity index (χ2n) is 4.48. The Morgan fingerprint density at radius 3 is 2.00 bits per heavy atom. The average molecular weight is 234 g/mol. The van der Waals surface area contributed by atoms with E-state index in [1.165, 1.54) is 11.1 Å². The van der Waals surface area contributed by atoms with Crippen LogP contribution in [0, 0.1) is 0 Å². The highest BCUT2D eigenvalue weighted by molar-refractivity contribution is 5.77. The molecule has 17 heavy (non-hydrogen) atoms. The average Bonchev–Trinajstić information content (AvgIpc) is 2.27. The number of benzene rings is 1. The molecule has 0 aliphatic carbocycles. The van der Waals surface area contributed by atoms with E-state index in [1.807, 2.05) is 12.1 Å². The lowest BCUT2D eigenvalue weighted by Crippen LogP contribution is -2.07. The van der Waals surface area contributed by atoms with E-state index in [0.29, 0.717) is 0 Å². The summed E-state index contributed by atoms with van der Waals surface area (Å²) in [5, 5.41) is 0. The van der Waals surface area contributed by atoms with Crippen LogP contribution in [-0.4, -0.2) is 12.4 Å². The molecule has 0 bridgehead atoms. The van der Waals surface area contributed by atoms with Crippen molar-refractivity contribution in [3.05, 3.63) is 29.3 Å². The van der Waals surface area contributed by atoms with Gasteiger partial charge in [-0.05, 0) is 43.0 Å². The topological polar surface area (TPSA) is 26.3 Å². The largest absolute Gasteiger partial charge is 0.486 e. The highest BCUT2D eigenvalue weighted by Crippen LogP contribution is 2.19. The molecule has 0 fully saturated rings. The lowest BCUT2D eigenvalue weighted by Gasteiger charge is -2.09. The zero-order valence-electron chi connectivity index (χ0n) is 11.1. The minimum atomic E-state index is 0.0583. The van der Waals surface area contributed by atoms with Gasteiger partial charge in [0.15, 0.2) is 5.78 Å². The maximum atomic E-state index is 10.9. The van der Waals surface area contributed by atoms with Crippen molar-refractivity contribution >= 4 is 5.78 Å². The van der Waals surface area contributed by atoms with Crippen molar-refractivity contribution in [2.24, 2.45) is 0 Å². The number of aryl methyl sites for hydroxylation is 2. The Bertz CT molecular complexity index is 345. The van der Waals surface area contributed by atoms with E-state index in [-0.39, 0.29) is 12.4 Å². The van der Waals surface area contributed by atoms with Gasteiger partial charge in [0, 0.05) is 0 Å². The summed E-state index contributed by atoms with van der Waals surface area (Å²) in [6, 6.07) is 6.34. The Morgan fingerprint density at radius 1 is 1.06 bits per heavy atom. The standard InChI is InChI=1S/C15H22O2/c1-4-6-13-8-14(7-5-2)10-15(9-13)17-11-12(3)16/h8-10H,4-7,11H2,1-3H3. The van der Waals surface area contributed by atoms with Crippen LogP contribution in [0.25, 0.3) is 0 Å². The molecule has 0 atom stereocenters. The predicted molar refractivity (Wildman–Crippen MR) is 70.6 cm³/mol. The minimum absolute atomic E-state index is 0.0583. The first kappa shape index (κ1) is 13.8. The molecule has 0 aliphatic heterocycles. The van der Waals surface area contributed by atoms with Gasteiger partial charge in [-0.15, -0.1) is 0 Å². The maximum absolute atomic E-state index is 10.9. The van der Waals surface area contributed by atoms with Crippen LogP contribution in [0.4, 0.5) is 0 Å². The van der Waals surface area contributed by atoms with E-state index in [4.69, 9.17) is 4.74 Å². The van der Waals surface area contributed by atoms with Crippen LogP contribution in [-0.2, 0) is 17.6 Å². The van der Waals surface area contributed by atoms with Crippen LogP contribution in [0.5, 0.6) is 5.75 Å². The van der Waals surface area contributed by atoms with Crippen LogP contribution in [0.1, 0.15) is 44.7 Å². The highest BCUT2D eigenvalue weighted by atomic mass is 16.5. The molecular weight excluding hydrogens is 212 g/mol. The summed E-state index contributed by atoms with van der Waals surface area (Å²) >= 11 is 0. The summed E-state index contributed by atoms with van der Waals surface area (Å²) in [5.74, 6) is 0.887. The Labute approximate surface area is 104 Å². The van der Waals surface area contributed by atoms with Gasteiger partial charge in [-0.2, -0.15) is 0 Å². The molecule has 0 saturated carbocycles.